The molecule has 1 atom stereocenters. The van der Waals surface area contributed by atoms with Crippen molar-refractivity contribution in [3.8, 4) is 5.75 Å². The maximum Gasteiger partial charge on any atom is 0.127 e. The molecular formula is C18H20FNO. The molecule has 0 aromatic heterocycles. The van der Waals surface area contributed by atoms with Gasteiger partial charge in [0.25, 0.3) is 0 Å². The van der Waals surface area contributed by atoms with E-state index in [-0.39, 0.29) is 5.82 Å². The zero-order valence-corrected chi connectivity index (χ0v) is 12.2. The molecule has 0 amide bonds. The summed E-state index contributed by atoms with van der Waals surface area (Å²) in [5.41, 5.74) is 8.88. The maximum atomic E-state index is 13.6. The van der Waals surface area contributed by atoms with Gasteiger partial charge in [0.15, 0.2) is 0 Å². The van der Waals surface area contributed by atoms with E-state index in [1.54, 1.807) is 6.07 Å². The Labute approximate surface area is 124 Å². The fraction of sp³-hybridized carbons (Fsp3) is 0.333. The lowest BCUT2D eigenvalue weighted by Gasteiger charge is -2.33. The van der Waals surface area contributed by atoms with Gasteiger partial charge >= 0.3 is 0 Å². The molecular weight excluding hydrogens is 265 g/mol. The van der Waals surface area contributed by atoms with E-state index in [1.165, 1.54) is 17.7 Å². The van der Waals surface area contributed by atoms with Crippen LogP contribution in [0.5, 0.6) is 5.75 Å². The number of rotatable bonds is 3. The van der Waals surface area contributed by atoms with Gasteiger partial charge in [0.05, 0.1) is 12.1 Å². The fourth-order valence-electron chi connectivity index (χ4n) is 3.06. The molecule has 0 saturated carbocycles. The summed E-state index contributed by atoms with van der Waals surface area (Å²) < 4.78 is 19.5. The summed E-state index contributed by atoms with van der Waals surface area (Å²) in [5, 5.41) is 0. The second-order valence-electron chi connectivity index (χ2n) is 5.58. The Balaban J connectivity index is 2.16. The fourth-order valence-corrected chi connectivity index (χ4v) is 3.06. The van der Waals surface area contributed by atoms with Crippen LogP contribution in [0.25, 0.3) is 0 Å². The smallest absolute Gasteiger partial charge is 0.127 e. The van der Waals surface area contributed by atoms with Gasteiger partial charge in [0.2, 0.25) is 0 Å². The van der Waals surface area contributed by atoms with Crippen molar-refractivity contribution < 1.29 is 9.13 Å². The SMILES string of the molecule is CCC(N)(c1cccc(F)c1)c1cccc2c1OCCC2. The van der Waals surface area contributed by atoms with E-state index in [4.69, 9.17) is 10.5 Å². The van der Waals surface area contributed by atoms with Crippen molar-refractivity contribution in [2.45, 2.75) is 31.7 Å². The monoisotopic (exact) mass is 285 g/mol. The Kier molecular flexibility index (Phi) is 3.68. The third-order valence-corrected chi connectivity index (χ3v) is 4.31. The molecule has 0 spiro atoms. The first kappa shape index (κ1) is 14.1. The summed E-state index contributed by atoms with van der Waals surface area (Å²) in [6.07, 6.45) is 2.71. The molecule has 2 aromatic carbocycles. The average molecular weight is 285 g/mol. The first-order valence-corrected chi connectivity index (χ1v) is 7.45. The second kappa shape index (κ2) is 5.49. The predicted molar refractivity (Wildman–Crippen MR) is 81.9 cm³/mol. The van der Waals surface area contributed by atoms with Crippen LogP contribution in [0.1, 0.15) is 36.5 Å². The van der Waals surface area contributed by atoms with Crippen LogP contribution in [0.4, 0.5) is 4.39 Å². The van der Waals surface area contributed by atoms with Crippen LogP contribution < -0.4 is 10.5 Å². The number of nitrogens with two attached hydrogens (primary N) is 1. The molecule has 0 aliphatic carbocycles. The largest absolute Gasteiger partial charge is 0.493 e. The molecule has 0 fully saturated rings. The summed E-state index contributed by atoms with van der Waals surface area (Å²) in [6.45, 7) is 2.74. The summed E-state index contributed by atoms with van der Waals surface area (Å²) in [5.74, 6) is 0.624. The Morgan fingerprint density at radius 2 is 2.05 bits per heavy atom. The van der Waals surface area contributed by atoms with Gasteiger partial charge in [0, 0.05) is 5.56 Å². The van der Waals surface area contributed by atoms with E-state index >= 15 is 0 Å². The van der Waals surface area contributed by atoms with Gasteiger partial charge < -0.3 is 10.5 Å². The Hall–Kier alpha value is -1.87. The number of para-hydroxylation sites is 1. The second-order valence-corrected chi connectivity index (χ2v) is 5.58. The topological polar surface area (TPSA) is 35.2 Å². The third kappa shape index (κ3) is 2.42. The summed E-state index contributed by atoms with van der Waals surface area (Å²) >= 11 is 0. The summed E-state index contributed by atoms with van der Waals surface area (Å²) in [4.78, 5) is 0. The Morgan fingerprint density at radius 3 is 2.81 bits per heavy atom. The highest BCUT2D eigenvalue weighted by Crippen LogP contribution is 2.40. The lowest BCUT2D eigenvalue weighted by Crippen LogP contribution is -2.38. The zero-order chi connectivity index (χ0) is 14.9. The normalized spacial score (nSPS) is 16.7. The summed E-state index contributed by atoms with van der Waals surface area (Å²) in [7, 11) is 0. The molecule has 110 valence electrons. The van der Waals surface area contributed by atoms with Crippen molar-refractivity contribution in [3.05, 3.63) is 65.0 Å². The molecule has 0 bridgehead atoms. The lowest BCUT2D eigenvalue weighted by atomic mass is 9.80. The van der Waals surface area contributed by atoms with Crippen molar-refractivity contribution in [3.63, 3.8) is 0 Å². The molecule has 1 aliphatic rings. The average Bonchev–Trinajstić information content (AvgIpc) is 2.53. The standard InChI is InChI=1S/C18H20FNO/c1-2-18(20,14-8-4-9-15(19)12-14)16-10-3-6-13-7-5-11-21-17(13)16/h3-4,6,8-10,12H,2,5,7,11,20H2,1H3. The Bertz CT molecular complexity index is 655. The zero-order valence-electron chi connectivity index (χ0n) is 12.2. The van der Waals surface area contributed by atoms with Crippen LogP contribution in [0.15, 0.2) is 42.5 Å². The minimum absolute atomic E-state index is 0.263. The minimum Gasteiger partial charge on any atom is -0.493 e. The first-order chi connectivity index (χ1) is 10.1. The third-order valence-electron chi connectivity index (χ3n) is 4.31. The number of ether oxygens (including phenoxy) is 1. The lowest BCUT2D eigenvalue weighted by molar-refractivity contribution is 0.279. The van der Waals surface area contributed by atoms with Gasteiger partial charge in [-0.15, -0.1) is 0 Å². The molecule has 1 aliphatic heterocycles. The van der Waals surface area contributed by atoms with Gasteiger partial charge in [-0.2, -0.15) is 0 Å². The minimum atomic E-state index is -0.731. The van der Waals surface area contributed by atoms with Crippen LogP contribution in [0, 0.1) is 5.82 Å². The molecule has 1 heterocycles. The molecule has 2 nitrogen and oxygen atoms in total. The van der Waals surface area contributed by atoms with Crippen molar-refractivity contribution in [1.29, 1.82) is 0 Å². The number of benzene rings is 2. The van der Waals surface area contributed by atoms with E-state index < -0.39 is 5.54 Å². The highest BCUT2D eigenvalue weighted by molar-refractivity contribution is 5.51. The van der Waals surface area contributed by atoms with E-state index in [2.05, 4.69) is 6.07 Å². The van der Waals surface area contributed by atoms with E-state index in [0.717, 1.165) is 29.7 Å². The highest BCUT2D eigenvalue weighted by atomic mass is 19.1. The highest BCUT2D eigenvalue weighted by Gasteiger charge is 2.32. The van der Waals surface area contributed by atoms with E-state index in [9.17, 15) is 4.39 Å². The van der Waals surface area contributed by atoms with Gasteiger partial charge in [-0.05, 0) is 42.5 Å². The van der Waals surface area contributed by atoms with Crippen molar-refractivity contribution in [2.24, 2.45) is 5.73 Å². The van der Waals surface area contributed by atoms with E-state index in [0.29, 0.717) is 13.0 Å². The van der Waals surface area contributed by atoms with Crippen LogP contribution in [0.2, 0.25) is 0 Å². The van der Waals surface area contributed by atoms with Gasteiger partial charge in [0.1, 0.15) is 11.6 Å². The van der Waals surface area contributed by atoms with Crippen LogP contribution in [0.3, 0.4) is 0 Å². The quantitative estimate of drug-likeness (QED) is 0.932. The molecule has 0 radical (unpaired) electrons. The molecule has 21 heavy (non-hydrogen) atoms. The number of hydrogen-bond acceptors (Lipinski definition) is 2. The van der Waals surface area contributed by atoms with Gasteiger partial charge in [-0.1, -0.05) is 37.3 Å². The predicted octanol–water partition coefficient (Wildman–Crippen LogP) is 3.76. The molecule has 0 saturated heterocycles. The van der Waals surface area contributed by atoms with Crippen LogP contribution in [-0.2, 0) is 12.0 Å². The van der Waals surface area contributed by atoms with E-state index in [1.807, 2.05) is 25.1 Å². The number of hydrogen-bond donors (Lipinski definition) is 1. The molecule has 2 aromatic rings. The molecule has 2 N–H and O–H groups in total. The Morgan fingerprint density at radius 1 is 1.24 bits per heavy atom. The van der Waals surface area contributed by atoms with Crippen LogP contribution >= 0.6 is 0 Å². The van der Waals surface area contributed by atoms with Crippen molar-refractivity contribution in [1.82, 2.24) is 0 Å². The van der Waals surface area contributed by atoms with Crippen LogP contribution in [-0.4, -0.2) is 6.61 Å². The molecule has 3 heteroatoms. The van der Waals surface area contributed by atoms with Crippen molar-refractivity contribution in [2.75, 3.05) is 6.61 Å². The van der Waals surface area contributed by atoms with Gasteiger partial charge in [-0.25, -0.2) is 4.39 Å². The maximum absolute atomic E-state index is 13.6. The summed E-state index contributed by atoms with van der Waals surface area (Å²) in [6, 6.07) is 12.6. The molecule has 1 unspecified atom stereocenters. The van der Waals surface area contributed by atoms with Gasteiger partial charge in [-0.3, -0.25) is 0 Å². The first-order valence-electron chi connectivity index (χ1n) is 7.45. The molecule has 3 rings (SSSR count). The number of aryl methyl sites for hydroxylation is 1. The number of fused-ring (bicyclic) bond motifs is 1. The number of halogens is 1. The van der Waals surface area contributed by atoms with Crippen molar-refractivity contribution >= 4 is 0 Å².